The number of nitrogens with zero attached hydrogens (tertiary/aromatic N) is 1. The molecule has 0 aliphatic carbocycles. The highest BCUT2D eigenvalue weighted by Gasteiger charge is 2.30. The molecule has 3 N–H and O–H groups in total. The summed E-state index contributed by atoms with van der Waals surface area (Å²) in [6, 6.07) is 10.4. The van der Waals surface area contributed by atoms with Gasteiger partial charge in [-0.1, -0.05) is 30.3 Å². The molecule has 168 valence electrons. The second-order valence-electron chi connectivity index (χ2n) is 7.77. The summed E-state index contributed by atoms with van der Waals surface area (Å²) in [4.78, 5) is 28.4. The molecule has 0 saturated heterocycles. The van der Waals surface area contributed by atoms with Crippen LogP contribution in [0.1, 0.15) is 38.3 Å². The van der Waals surface area contributed by atoms with Gasteiger partial charge in [-0.3, -0.25) is 15.6 Å². The molecular formula is C21H25F3N4O3. The first-order valence-corrected chi connectivity index (χ1v) is 9.56. The largest absolute Gasteiger partial charge is 0.444 e. The Kier molecular flexibility index (Phi) is 7.84. The number of alkyl carbamates (subject to hydrolysis) is 1. The van der Waals surface area contributed by atoms with Crippen molar-refractivity contribution in [3.05, 3.63) is 59.8 Å². The number of anilines is 1. The standard InChI is InChI=1S/C21H25F3N4O3/c1-20(2,3)31-19(30)26-16(11-9-14-7-5-4-6-8-14)18(29)28-27-17-12-10-15(13-25-17)21(22,23)24/h4-8,10,12-13,16H,9,11H2,1-3H3,(H,25,27)(H,26,30)(H,28,29)/t16-/m0/s1. The SMILES string of the molecule is CC(C)(C)OC(=O)N[C@@H](CCc1ccccc1)C(=O)NNc1ccc(C(F)(F)F)cn1. The minimum absolute atomic E-state index is 0.0143. The van der Waals surface area contributed by atoms with Crippen LogP contribution < -0.4 is 16.2 Å². The number of aryl methyl sites for hydroxylation is 1. The molecule has 0 fully saturated rings. The first-order chi connectivity index (χ1) is 14.4. The zero-order valence-electron chi connectivity index (χ0n) is 17.4. The van der Waals surface area contributed by atoms with E-state index in [2.05, 4.69) is 21.2 Å². The van der Waals surface area contributed by atoms with Gasteiger partial charge in [-0.2, -0.15) is 13.2 Å². The molecule has 0 radical (unpaired) electrons. The Bertz CT molecular complexity index is 866. The molecule has 2 aromatic rings. The molecular weight excluding hydrogens is 413 g/mol. The number of pyridine rings is 1. The molecule has 0 unspecified atom stereocenters. The van der Waals surface area contributed by atoms with Crippen LogP contribution in [0.15, 0.2) is 48.7 Å². The summed E-state index contributed by atoms with van der Waals surface area (Å²) in [6.45, 7) is 5.09. The van der Waals surface area contributed by atoms with Crippen LogP contribution >= 0.6 is 0 Å². The molecule has 0 saturated carbocycles. The van der Waals surface area contributed by atoms with Gasteiger partial charge in [0.15, 0.2) is 0 Å². The van der Waals surface area contributed by atoms with Crippen molar-refractivity contribution >= 4 is 17.8 Å². The average Bonchev–Trinajstić information content (AvgIpc) is 2.68. The van der Waals surface area contributed by atoms with Crippen molar-refractivity contribution in [2.45, 2.75) is 51.4 Å². The van der Waals surface area contributed by atoms with Crippen LogP contribution in [0.5, 0.6) is 0 Å². The third-order valence-electron chi connectivity index (χ3n) is 3.98. The first kappa shape index (κ1) is 24.0. The Morgan fingerprint density at radius 2 is 1.74 bits per heavy atom. The maximum Gasteiger partial charge on any atom is 0.417 e. The van der Waals surface area contributed by atoms with E-state index >= 15 is 0 Å². The van der Waals surface area contributed by atoms with Crippen molar-refractivity contribution in [2.24, 2.45) is 0 Å². The highest BCUT2D eigenvalue weighted by molar-refractivity contribution is 5.86. The lowest BCUT2D eigenvalue weighted by molar-refractivity contribution is -0.137. The van der Waals surface area contributed by atoms with Crippen molar-refractivity contribution in [1.29, 1.82) is 0 Å². The maximum atomic E-state index is 12.6. The van der Waals surface area contributed by atoms with E-state index in [1.54, 1.807) is 20.8 Å². The minimum atomic E-state index is -4.51. The van der Waals surface area contributed by atoms with E-state index in [-0.39, 0.29) is 12.2 Å². The number of benzene rings is 1. The summed E-state index contributed by atoms with van der Waals surface area (Å²) in [5.74, 6) is -0.580. The molecule has 10 heteroatoms. The topological polar surface area (TPSA) is 92.3 Å². The van der Waals surface area contributed by atoms with E-state index in [0.717, 1.165) is 17.7 Å². The molecule has 1 aromatic heterocycles. The molecule has 1 atom stereocenters. The molecule has 0 bridgehead atoms. The van der Waals surface area contributed by atoms with E-state index in [0.29, 0.717) is 12.6 Å². The molecule has 0 aliphatic heterocycles. The van der Waals surface area contributed by atoms with Gasteiger partial charge >= 0.3 is 12.3 Å². The van der Waals surface area contributed by atoms with Crippen molar-refractivity contribution in [3.8, 4) is 0 Å². The van der Waals surface area contributed by atoms with Gasteiger partial charge in [0.05, 0.1) is 5.56 Å². The lowest BCUT2D eigenvalue weighted by Crippen LogP contribution is -2.49. The van der Waals surface area contributed by atoms with Gasteiger partial charge in [0.25, 0.3) is 5.91 Å². The highest BCUT2D eigenvalue weighted by Crippen LogP contribution is 2.28. The van der Waals surface area contributed by atoms with Crippen LogP contribution in [0, 0.1) is 0 Å². The monoisotopic (exact) mass is 438 g/mol. The number of halogens is 3. The normalized spacial score (nSPS) is 12.6. The molecule has 2 amide bonds. The molecule has 0 aliphatic rings. The molecule has 7 nitrogen and oxygen atoms in total. The first-order valence-electron chi connectivity index (χ1n) is 9.56. The van der Waals surface area contributed by atoms with Crippen molar-refractivity contribution < 1.29 is 27.5 Å². The summed E-state index contributed by atoms with van der Waals surface area (Å²) in [6.07, 6.45) is -3.83. The number of carbonyl (C=O) groups excluding carboxylic acids is 2. The zero-order chi connectivity index (χ0) is 23.1. The van der Waals surface area contributed by atoms with Crippen LogP contribution in [-0.2, 0) is 22.1 Å². The Morgan fingerprint density at radius 3 is 2.29 bits per heavy atom. The van der Waals surface area contributed by atoms with Crippen LogP contribution in [-0.4, -0.2) is 28.6 Å². The number of aromatic nitrogens is 1. The van der Waals surface area contributed by atoms with Crippen LogP contribution in [0.3, 0.4) is 0 Å². The van der Waals surface area contributed by atoms with Gasteiger partial charge in [-0.05, 0) is 51.3 Å². The van der Waals surface area contributed by atoms with Crippen molar-refractivity contribution in [2.75, 3.05) is 5.43 Å². The lowest BCUT2D eigenvalue weighted by atomic mass is 10.0. The number of hydrogen-bond donors (Lipinski definition) is 3. The van der Waals surface area contributed by atoms with Gasteiger partial charge in [0.1, 0.15) is 17.5 Å². The van der Waals surface area contributed by atoms with Crippen molar-refractivity contribution in [1.82, 2.24) is 15.7 Å². The number of amides is 2. The van der Waals surface area contributed by atoms with E-state index < -0.39 is 35.4 Å². The van der Waals surface area contributed by atoms with E-state index in [9.17, 15) is 22.8 Å². The fourth-order valence-corrected chi connectivity index (χ4v) is 2.52. The second kappa shape index (κ2) is 10.1. The average molecular weight is 438 g/mol. The number of hydrogen-bond acceptors (Lipinski definition) is 5. The Morgan fingerprint density at radius 1 is 1.06 bits per heavy atom. The number of carbonyl (C=O) groups is 2. The predicted octanol–water partition coefficient (Wildman–Crippen LogP) is 4.07. The molecule has 2 rings (SSSR count). The lowest BCUT2D eigenvalue weighted by Gasteiger charge is -2.23. The van der Waals surface area contributed by atoms with E-state index in [4.69, 9.17) is 4.74 Å². The highest BCUT2D eigenvalue weighted by atomic mass is 19.4. The fourth-order valence-electron chi connectivity index (χ4n) is 2.52. The van der Waals surface area contributed by atoms with E-state index in [1.165, 1.54) is 0 Å². The Hall–Kier alpha value is -3.30. The summed E-state index contributed by atoms with van der Waals surface area (Å²) >= 11 is 0. The van der Waals surface area contributed by atoms with Gasteiger partial charge in [0.2, 0.25) is 0 Å². The van der Waals surface area contributed by atoms with Crippen LogP contribution in [0.2, 0.25) is 0 Å². The molecule has 0 spiro atoms. The number of rotatable bonds is 7. The quantitative estimate of drug-likeness (QED) is 0.567. The predicted molar refractivity (Wildman–Crippen MR) is 109 cm³/mol. The van der Waals surface area contributed by atoms with Gasteiger partial charge in [-0.25, -0.2) is 9.78 Å². The van der Waals surface area contributed by atoms with Crippen molar-refractivity contribution in [3.63, 3.8) is 0 Å². The summed E-state index contributed by atoms with van der Waals surface area (Å²) in [7, 11) is 0. The van der Waals surface area contributed by atoms with Crippen LogP contribution in [0.25, 0.3) is 0 Å². The number of hydrazine groups is 1. The van der Waals surface area contributed by atoms with Gasteiger partial charge < -0.3 is 10.1 Å². The Balaban J connectivity index is 2.01. The smallest absolute Gasteiger partial charge is 0.417 e. The fraction of sp³-hybridized carbons (Fsp3) is 0.381. The summed E-state index contributed by atoms with van der Waals surface area (Å²) < 4.78 is 43.1. The zero-order valence-corrected chi connectivity index (χ0v) is 17.4. The third-order valence-corrected chi connectivity index (χ3v) is 3.98. The summed E-state index contributed by atoms with van der Waals surface area (Å²) in [5.41, 5.74) is 4.14. The Labute approximate surface area is 178 Å². The third kappa shape index (κ3) is 8.53. The molecule has 31 heavy (non-hydrogen) atoms. The minimum Gasteiger partial charge on any atom is -0.444 e. The van der Waals surface area contributed by atoms with Gasteiger partial charge in [0, 0.05) is 6.20 Å². The summed E-state index contributed by atoms with van der Waals surface area (Å²) in [5, 5.41) is 2.53. The van der Waals surface area contributed by atoms with Crippen LogP contribution in [0.4, 0.5) is 23.8 Å². The molecule has 1 aromatic carbocycles. The van der Waals surface area contributed by atoms with E-state index in [1.807, 2.05) is 30.3 Å². The second-order valence-corrected chi connectivity index (χ2v) is 7.77. The number of alkyl halides is 3. The number of nitrogens with one attached hydrogen (secondary N) is 3. The van der Waals surface area contributed by atoms with Gasteiger partial charge in [-0.15, -0.1) is 0 Å². The maximum absolute atomic E-state index is 12.6. The number of ether oxygens (including phenoxy) is 1. The molecule has 1 heterocycles.